The van der Waals surface area contributed by atoms with Crippen LogP contribution in [-0.2, 0) is 6.61 Å². The first-order valence-electron chi connectivity index (χ1n) is 6.43. The lowest BCUT2D eigenvalue weighted by atomic mass is 10.2. The molecular formula is C16H17BrO3. The van der Waals surface area contributed by atoms with Crippen LogP contribution in [0.1, 0.15) is 12.5 Å². The maximum Gasteiger partial charge on any atom is 0.134 e. The van der Waals surface area contributed by atoms with E-state index in [1.165, 1.54) is 0 Å². The van der Waals surface area contributed by atoms with Crippen LogP contribution in [0, 0.1) is 0 Å². The molecule has 1 unspecified atom stereocenters. The predicted octanol–water partition coefficient (Wildman–Crippen LogP) is 3.79. The quantitative estimate of drug-likeness (QED) is 0.872. The van der Waals surface area contributed by atoms with Gasteiger partial charge in [0.1, 0.15) is 24.2 Å². The molecule has 2 aromatic carbocycles. The van der Waals surface area contributed by atoms with Crippen LogP contribution in [-0.4, -0.2) is 17.8 Å². The number of aliphatic hydroxyl groups is 1. The Balaban J connectivity index is 1.98. The van der Waals surface area contributed by atoms with Crippen LogP contribution in [0.2, 0.25) is 0 Å². The molecule has 2 aromatic rings. The van der Waals surface area contributed by atoms with Crippen molar-refractivity contribution in [3.05, 3.63) is 58.6 Å². The van der Waals surface area contributed by atoms with Crippen molar-refractivity contribution in [2.45, 2.75) is 19.6 Å². The van der Waals surface area contributed by atoms with E-state index in [0.29, 0.717) is 12.4 Å². The van der Waals surface area contributed by atoms with E-state index in [1.54, 1.807) is 0 Å². The summed E-state index contributed by atoms with van der Waals surface area (Å²) in [6.07, 6.45) is -0.234. The van der Waals surface area contributed by atoms with Gasteiger partial charge in [0.05, 0.1) is 11.1 Å². The Morgan fingerprint density at radius 1 is 1.15 bits per heavy atom. The lowest BCUT2D eigenvalue weighted by Gasteiger charge is -2.14. The van der Waals surface area contributed by atoms with Crippen LogP contribution in [0.5, 0.6) is 11.5 Å². The molecule has 0 radical (unpaired) electrons. The zero-order valence-corrected chi connectivity index (χ0v) is 12.8. The summed E-state index contributed by atoms with van der Waals surface area (Å²) < 4.78 is 12.1. The summed E-state index contributed by atoms with van der Waals surface area (Å²) in [7, 11) is 0. The topological polar surface area (TPSA) is 38.7 Å². The molecule has 4 heteroatoms. The summed E-state index contributed by atoms with van der Waals surface area (Å²) in [6.45, 7) is 2.32. The first kappa shape index (κ1) is 14.9. The fraction of sp³-hybridized carbons (Fsp3) is 0.250. The third-order valence-corrected chi connectivity index (χ3v) is 3.36. The molecule has 0 aliphatic rings. The third-order valence-electron chi connectivity index (χ3n) is 2.74. The number of ether oxygens (including phenoxy) is 2. The Labute approximate surface area is 127 Å². The summed E-state index contributed by atoms with van der Waals surface area (Å²) in [6, 6.07) is 15.6. The molecule has 0 amide bonds. The Hall–Kier alpha value is -1.52. The van der Waals surface area contributed by atoms with E-state index in [2.05, 4.69) is 15.9 Å². The fourth-order valence-corrected chi connectivity index (χ4v) is 2.11. The summed E-state index contributed by atoms with van der Waals surface area (Å²) in [5.74, 6) is 1.46. The molecular weight excluding hydrogens is 320 g/mol. The number of aliphatic hydroxyl groups excluding tert-OH is 1. The second-order valence-corrected chi connectivity index (χ2v) is 5.33. The van der Waals surface area contributed by atoms with Gasteiger partial charge in [0, 0.05) is 0 Å². The Morgan fingerprint density at radius 2 is 1.90 bits per heavy atom. The highest BCUT2D eigenvalue weighted by Crippen LogP contribution is 2.30. The van der Waals surface area contributed by atoms with Crippen molar-refractivity contribution < 1.29 is 14.6 Å². The third kappa shape index (κ3) is 4.25. The van der Waals surface area contributed by atoms with E-state index in [1.807, 2.05) is 55.5 Å². The van der Waals surface area contributed by atoms with Gasteiger partial charge in [-0.25, -0.2) is 0 Å². The maximum atomic E-state index is 8.99. The van der Waals surface area contributed by atoms with Crippen LogP contribution in [0.25, 0.3) is 0 Å². The summed E-state index contributed by atoms with van der Waals surface area (Å²) >= 11 is 3.44. The van der Waals surface area contributed by atoms with Gasteiger partial charge >= 0.3 is 0 Å². The second kappa shape index (κ2) is 7.31. The van der Waals surface area contributed by atoms with Crippen molar-refractivity contribution in [1.29, 1.82) is 0 Å². The Morgan fingerprint density at radius 3 is 2.55 bits per heavy atom. The van der Waals surface area contributed by atoms with Gasteiger partial charge in [-0.3, -0.25) is 0 Å². The molecule has 0 aliphatic carbocycles. The van der Waals surface area contributed by atoms with Crippen LogP contribution < -0.4 is 9.47 Å². The normalized spacial score (nSPS) is 11.9. The first-order valence-corrected chi connectivity index (χ1v) is 7.22. The molecule has 0 bridgehead atoms. The highest BCUT2D eigenvalue weighted by molar-refractivity contribution is 9.10. The number of benzene rings is 2. The Bertz CT molecular complexity index is 543. The highest BCUT2D eigenvalue weighted by Gasteiger charge is 2.07. The molecule has 0 spiro atoms. The van der Waals surface area contributed by atoms with Gasteiger partial charge < -0.3 is 14.6 Å². The van der Waals surface area contributed by atoms with E-state index in [4.69, 9.17) is 14.6 Å². The van der Waals surface area contributed by atoms with Crippen molar-refractivity contribution in [3.8, 4) is 11.5 Å². The monoisotopic (exact) mass is 336 g/mol. The van der Waals surface area contributed by atoms with E-state index in [0.717, 1.165) is 15.8 Å². The summed E-state index contributed by atoms with van der Waals surface area (Å²) in [5.41, 5.74) is 1.12. The number of hydrogen-bond donors (Lipinski definition) is 1. The summed E-state index contributed by atoms with van der Waals surface area (Å²) in [5, 5.41) is 8.99. The lowest BCUT2D eigenvalue weighted by Crippen LogP contribution is -2.16. The minimum absolute atomic E-state index is 0.0152. The molecule has 1 N–H and O–H groups in total. The van der Waals surface area contributed by atoms with Gasteiger partial charge in [0.25, 0.3) is 0 Å². The van der Waals surface area contributed by atoms with Crippen molar-refractivity contribution in [1.82, 2.24) is 0 Å². The van der Waals surface area contributed by atoms with Gasteiger partial charge in [-0.05, 0) is 46.6 Å². The first-order chi connectivity index (χ1) is 9.69. The lowest BCUT2D eigenvalue weighted by molar-refractivity contribution is 0.129. The zero-order valence-electron chi connectivity index (χ0n) is 11.3. The van der Waals surface area contributed by atoms with Gasteiger partial charge in [0.2, 0.25) is 0 Å². The molecule has 3 nitrogen and oxygen atoms in total. The van der Waals surface area contributed by atoms with Crippen molar-refractivity contribution >= 4 is 15.9 Å². The van der Waals surface area contributed by atoms with E-state index < -0.39 is 0 Å². The SMILES string of the molecule is CC(CO)Oc1ccc(OCc2ccccc2)cc1Br. The summed E-state index contributed by atoms with van der Waals surface area (Å²) in [4.78, 5) is 0. The number of hydrogen-bond acceptors (Lipinski definition) is 3. The van der Waals surface area contributed by atoms with Gasteiger partial charge in [0.15, 0.2) is 0 Å². The predicted molar refractivity (Wildman–Crippen MR) is 82.1 cm³/mol. The van der Waals surface area contributed by atoms with Crippen LogP contribution >= 0.6 is 15.9 Å². The molecule has 106 valence electrons. The minimum Gasteiger partial charge on any atom is -0.489 e. The van der Waals surface area contributed by atoms with E-state index in [-0.39, 0.29) is 12.7 Å². The molecule has 0 fully saturated rings. The van der Waals surface area contributed by atoms with Crippen molar-refractivity contribution in [2.75, 3.05) is 6.61 Å². The van der Waals surface area contributed by atoms with Crippen LogP contribution in [0.3, 0.4) is 0 Å². The van der Waals surface area contributed by atoms with Crippen LogP contribution in [0.4, 0.5) is 0 Å². The molecule has 20 heavy (non-hydrogen) atoms. The van der Waals surface area contributed by atoms with Crippen LogP contribution in [0.15, 0.2) is 53.0 Å². The second-order valence-electron chi connectivity index (χ2n) is 4.48. The average molecular weight is 337 g/mol. The maximum absolute atomic E-state index is 8.99. The molecule has 2 rings (SSSR count). The standard InChI is InChI=1S/C16H17BrO3/c1-12(10-18)20-16-8-7-14(9-15(16)17)19-11-13-5-3-2-4-6-13/h2-9,12,18H,10-11H2,1H3. The Kier molecular flexibility index (Phi) is 5.44. The van der Waals surface area contributed by atoms with Gasteiger partial charge in [-0.1, -0.05) is 30.3 Å². The smallest absolute Gasteiger partial charge is 0.134 e. The molecule has 1 atom stereocenters. The van der Waals surface area contributed by atoms with Gasteiger partial charge in [-0.15, -0.1) is 0 Å². The molecule has 0 heterocycles. The minimum atomic E-state index is -0.234. The van der Waals surface area contributed by atoms with Crippen molar-refractivity contribution in [3.63, 3.8) is 0 Å². The average Bonchev–Trinajstić information content (AvgIpc) is 2.48. The largest absolute Gasteiger partial charge is 0.489 e. The molecule has 0 saturated heterocycles. The molecule has 0 aliphatic heterocycles. The van der Waals surface area contributed by atoms with Crippen molar-refractivity contribution in [2.24, 2.45) is 0 Å². The molecule has 0 saturated carbocycles. The zero-order chi connectivity index (χ0) is 14.4. The van der Waals surface area contributed by atoms with Gasteiger partial charge in [-0.2, -0.15) is 0 Å². The fourth-order valence-electron chi connectivity index (χ4n) is 1.66. The number of rotatable bonds is 6. The number of halogens is 1. The van der Waals surface area contributed by atoms with E-state index >= 15 is 0 Å². The highest BCUT2D eigenvalue weighted by atomic mass is 79.9. The van der Waals surface area contributed by atoms with E-state index in [9.17, 15) is 0 Å². The molecule has 0 aromatic heterocycles.